The first-order valence-electron chi connectivity index (χ1n) is 8.01. The van der Waals surface area contributed by atoms with Gasteiger partial charge in [-0.2, -0.15) is 4.98 Å². The maximum Gasteiger partial charge on any atom is 0.218 e. The summed E-state index contributed by atoms with van der Waals surface area (Å²) in [5, 5.41) is 3.44. The molecular formula is C16H27N3O. The minimum Gasteiger partial charge on any atom is -0.478 e. The van der Waals surface area contributed by atoms with Crippen molar-refractivity contribution in [3.63, 3.8) is 0 Å². The average molecular weight is 277 g/mol. The van der Waals surface area contributed by atoms with E-state index >= 15 is 0 Å². The Bertz CT molecular complexity index is 416. The van der Waals surface area contributed by atoms with E-state index in [1.54, 1.807) is 0 Å². The van der Waals surface area contributed by atoms with Gasteiger partial charge in [0, 0.05) is 18.0 Å². The standard InChI is InChI=1S/C16H27N3O/c1-4-12(3)17-14-11-15(20-5-2)19-16(18-14)13-9-7-6-8-10-13/h11-13H,4-10H2,1-3H3,(H,17,18,19). The van der Waals surface area contributed by atoms with Crippen LogP contribution >= 0.6 is 0 Å². The molecule has 0 aromatic carbocycles. The van der Waals surface area contributed by atoms with Gasteiger partial charge in [-0.15, -0.1) is 0 Å². The summed E-state index contributed by atoms with van der Waals surface area (Å²) in [6.07, 6.45) is 7.42. The maximum absolute atomic E-state index is 5.60. The van der Waals surface area contributed by atoms with E-state index < -0.39 is 0 Å². The zero-order valence-corrected chi connectivity index (χ0v) is 13.0. The van der Waals surface area contributed by atoms with Crippen LogP contribution in [0.3, 0.4) is 0 Å². The molecule has 112 valence electrons. The molecule has 4 heteroatoms. The molecule has 1 aliphatic rings. The van der Waals surface area contributed by atoms with Crippen molar-refractivity contribution in [2.75, 3.05) is 11.9 Å². The van der Waals surface area contributed by atoms with Gasteiger partial charge in [0.25, 0.3) is 0 Å². The Kier molecular flexibility index (Phi) is 5.62. The number of ether oxygens (including phenoxy) is 1. The number of aromatic nitrogens is 2. The summed E-state index contributed by atoms with van der Waals surface area (Å²) in [7, 11) is 0. The van der Waals surface area contributed by atoms with Crippen molar-refractivity contribution >= 4 is 5.82 Å². The van der Waals surface area contributed by atoms with Crippen LogP contribution in [-0.4, -0.2) is 22.6 Å². The molecule has 1 heterocycles. The molecule has 1 atom stereocenters. The van der Waals surface area contributed by atoms with E-state index in [1.165, 1.54) is 32.1 Å². The van der Waals surface area contributed by atoms with Crippen molar-refractivity contribution < 1.29 is 4.74 Å². The number of nitrogens with zero attached hydrogens (tertiary/aromatic N) is 2. The quantitative estimate of drug-likeness (QED) is 0.849. The van der Waals surface area contributed by atoms with E-state index in [-0.39, 0.29) is 0 Å². The van der Waals surface area contributed by atoms with Crippen molar-refractivity contribution in [2.24, 2.45) is 0 Å². The van der Waals surface area contributed by atoms with Crippen LogP contribution in [0.25, 0.3) is 0 Å². The fraction of sp³-hybridized carbons (Fsp3) is 0.750. The second-order valence-electron chi connectivity index (χ2n) is 5.67. The Morgan fingerprint density at radius 2 is 2.00 bits per heavy atom. The lowest BCUT2D eigenvalue weighted by molar-refractivity contribution is 0.321. The fourth-order valence-corrected chi connectivity index (χ4v) is 2.64. The zero-order chi connectivity index (χ0) is 14.4. The molecule has 0 bridgehead atoms. The third-order valence-corrected chi connectivity index (χ3v) is 3.99. The second kappa shape index (κ2) is 7.46. The molecule has 2 rings (SSSR count). The molecule has 4 nitrogen and oxygen atoms in total. The highest BCUT2D eigenvalue weighted by Crippen LogP contribution is 2.32. The van der Waals surface area contributed by atoms with Crippen LogP contribution in [0.2, 0.25) is 0 Å². The summed E-state index contributed by atoms with van der Waals surface area (Å²) >= 11 is 0. The summed E-state index contributed by atoms with van der Waals surface area (Å²) < 4.78 is 5.60. The van der Waals surface area contributed by atoms with Crippen molar-refractivity contribution in [2.45, 2.75) is 71.3 Å². The monoisotopic (exact) mass is 277 g/mol. The smallest absolute Gasteiger partial charge is 0.218 e. The molecule has 1 saturated carbocycles. The molecule has 1 aromatic heterocycles. The van der Waals surface area contributed by atoms with Gasteiger partial charge in [-0.05, 0) is 33.1 Å². The number of rotatable bonds is 6. The number of anilines is 1. The van der Waals surface area contributed by atoms with Crippen molar-refractivity contribution in [3.8, 4) is 5.88 Å². The minimum atomic E-state index is 0.415. The molecule has 1 aromatic rings. The molecule has 0 saturated heterocycles. The molecular weight excluding hydrogens is 250 g/mol. The van der Waals surface area contributed by atoms with Crippen LogP contribution in [0.4, 0.5) is 5.82 Å². The summed E-state index contributed by atoms with van der Waals surface area (Å²) in [5.74, 6) is 3.07. The van der Waals surface area contributed by atoms with Gasteiger partial charge in [-0.25, -0.2) is 4.98 Å². The van der Waals surface area contributed by atoms with Gasteiger partial charge < -0.3 is 10.1 Å². The maximum atomic E-state index is 5.60. The van der Waals surface area contributed by atoms with Gasteiger partial charge in [0.1, 0.15) is 11.6 Å². The predicted octanol–water partition coefficient (Wildman–Crippen LogP) is 4.13. The van der Waals surface area contributed by atoms with Gasteiger partial charge >= 0.3 is 0 Å². The van der Waals surface area contributed by atoms with E-state index in [0.717, 1.165) is 18.1 Å². The third kappa shape index (κ3) is 4.09. The van der Waals surface area contributed by atoms with Crippen LogP contribution in [0, 0.1) is 0 Å². The molecule has 1 unspecified atom stereocenters. The Morgan fingerprint density at radius 3 is 2.65 bits per heavy atom. The normalized spacial score (nSPS) is 17.8. The van der Waals surface area contributed by atoms with Gasteiger partial charge in [0.2, 0.25) is 5.88 Å². The topological polar surface area (TPSA) is 47.0 Å². The summed E-state index contributed by atoms with van der Waals surface area (Å²) in [5.41, 5.74) is 0. The van der Waals surface area contributed by atoms with Crippen molar-refractivity contribution in [1.29, 1.82) is 0 Å². The first kappa shape index (κ1) is 15.1. The summed E-state index contributed by atoms with van der Waals surface area (Å²) in [4.78, 5) is 9.33. The number of hydrogen-bond donors (Lipinski definition) is 1. The van der Waals surface area contributed by atoms with Gasteiger partial charge in [-0.3, -0.25) is 0 Å². The van der Waals surface area contributed by atoms with E-state index in [9.17, 15) is 0 Å². The largest absolute Gasteiger partial charge is 0.478 e. The number of nitrogens with one attached hydrogen (secondary N) is 1. The highest BCUT2D eigenvalue weighted by atomic mass is 16.5. The Labute approximate surface area is 122 Å². The highest BCUT2D eigenvalue weighted by molar-refractivity contribution is 5.39. The lowest BCUT2D eigenvalue weighted by atomic mass is 9.89. The van der Waals surface area contributed by atoms with Crippen LogP contribution in [0.15, 0.2) is 6.07 Å². The van der Waals surface area contributed by atoms with Crippen molar-refractivity contribution in [1.82, 2.24) is 9.97 Å². The first-order valence-corrected chi connectivity index (χ1v) is 8.01. The van der Waals surface area contributed by atoms with E-state index in [1.807, 2.05) is 13.0 Å². The van der Waals surface area contributed by atoms with E-state index in [0.29, 0.717) is 24.4 Å². The molecule has 0 amide bonds. The highest BCUT2D eigenvalue weighted by Gasteiger charge is 2.20. The van der Waals surface area contributed by atoms with Gasteiger partial charge in [0.05, 0.1) is 6.61 Å². The number of hydrogen-bond acceptors (Lipinski definition) is 4. The first-order chi connectivity index (χ1) is 9.72. The van der Waals surface area contributed by atoms with E-state index in [2.05, 4.69) is 24.1 Å². The molecule has 0 spiro atoms. The minimum absolute atomic E-state index is 0.415. The predicted molar refractivity (Wildman–Crippen MR) is 82.4 cm³/mol. The molecule has 1 fully saturated rings. The average Bonchev–Trinajstić information content (AvgIpc) is 2.48. The molecule has 1 N–H and O–H groups in total. The summed E-state index contributed by atoms with van der Waals surface area (Å²) in [6.45, 7) is 6.97. The molecule has 0 aliphatic heterocycles. The molecule has 20 heavy (non-hydrogen) atoms. The fourth-order valence-electron chi connectivity index (χ4n) is 2.64. The summed E-state index contributed by atoms with van der Waals surface area (Å²) in [6, 6.07) is 2.33. The van der Waals surface area contributed by atoms with Crippen LogP contribution < -0.4 is 10.1 Å². The Morgan fingerprint density at radius 1 is 1.25 bits per heavy atom. The van der Waals surface area contributed by atoms with Crippen molar-refractivity contribution in [3.05, 3.63) is 11.9 Å². The van der Waals surface area contributed by atoms with Gasteiger partial charge in [-0.1, -0.05) is 26.2 Å². The second-order valence-corrected chi connectivity index (χ2v) is 5.67. The molecule has 1 aliphatic carbocycles. The lowest BCUT2D eigenvalue weighted by Crippen LogP contribution is -2.17. The SMILES string of the molecule is CCOc1cc(NC(C)CC)nc(C2CCCCC2)n1. The lowest BCUT2D eigenvalue weighted by Gasteiger charge is -2.22. The van der Waals surface area contributed by atoms with E-state index in [4.69, 9.17) is 9.72 Å². The van der Waals surface area contributed by atoms with Gasteiger partial charge in [0.15, 0.2) is 0 Å². The van der Waals surface area contributed by atoms with Crippen LogP contribution in [-0.2, 0) is 0 Å². The molecule has 0 radical (unpaired) electrons. The van der Waals surface area contributed by atoms with Crippen LogP contribution in [0.1, 0.15) is 71.0 Å². The zero-order valence-electron chi connectivity index (χ0n) is 13.0. The Balaban J connectivity index is 2.20. The Hall–Kier alpha value is -1.32. The van der Waals surface area contributed by atoms with Crippen LogP contribution in [0.5, 0.6) is 5.88 Å². The third-order valence-electron chi connectivity index (χ3n) is 3.99.